The molecule has 2 aliphatic rings. The van der Waals surface area contributed by atoms with Gasteiger partial charge >= 0.3 is 0 Å². The number of ether oxygens (including phenoxy) is 1. The standard InChI is InChI=1S/C13H16N2O3/c16-13-12-4-2-1-3-11(12)9-18-15(13)10-14-5-7-17-8-6-14/h1-4H,5-10H2. The third-order valence-electron chi connectivity index (χ3n) is 3.28. The summed E-state index contributed by atoms with van der Waals surface area (Å²) in [6, 6.07) is 7.59. The maximum Gasteiger partial charge on any atom is 0.279 e. The highest BCUT2D eigenvalue weighted by Gasteiger charge is 2.27. The molecule has 0 radical (unpaired) electrons. The SMILES string of the molecule is O=C1c2ccccc2CON1CN1CCOCC1. The summed E-state index contributed by atoms with van der Waals surface area (Å²) in [6.45, 7) is 4.10. The number of morpholine rings is 1. The molecule has 96 valence electrons. The number of hydrogen-bond donors (Lipinski definition) is 0. The Morgan fingerprint density at radius 3 is 2.78 bits per heavy atom. The highest BCUT2D eigenvalue weighted by atomic mass is 16.7. The smallest absolute Gasteiger partial charge is 0.279 e. The molecule has 0 saturated carbocycles. The van der Waals surface area contributed by atoms with Gasteiger partial charge in [0.2, 0.25) is 0 Å². The van der Waals surface area contributed by atoms with Crippen LogP contribution in [0.5, 0.6) is 0 Å². The number of amides is 1. The maximum absolute atomic E-state index is 12.2. The van der Waals surface area contributed by atoms with E-state index in [1.165, 1.54) is 5.06 Å². The first-order valence-corrected chi connectivity index (χ1v) is 6.17. The monoisotopic (exact) mass is 248 g/mol. The molecular weight excluding hydrogens is 232 g/mol. The zero-order chi connectivity index (χ0) is 12.4. The Morgan fingerprint density at radius 2 is 1.94 bits per heavy atom. The summed E-state index contributed by atoms with van der Waals surface area (Å²) >= 11 is 0. The number of carbonyl (C=O) groups is 1. The molecule has 0 aromatic heterocycles. The largest absolute Gasteiger partial charge is 0.379 e. The average molecular weight is 248 g/mol. The molecule has 5 heteroatoms. The van der Waals surface area contributed by atoms with Crippen molar-refractivity contribution >= 4 is 5.91 Å². The minimum absolute atomic E-state index is 0.0525. The minimum atomic E-state index is -0.0525. The number of hydrogen-bond acceptors (Lipinski definition) is 4. The first-order valence-electron chi connectivity index (χ1n) is 6.17. The highest BCUT2D eigenvalue weighted by Crippen LogP contribution is 2.19. The molecular formula is C13H16N2O3. The summed E-state index contributed by atoms with van der Waals surface area (Å²) in [6.07, 6.45) is 0. The zero-order valence-corrected chi connectivity index (χ0v) is 10.2. The number of rotatable bonds is 2. The van der Waals surface area contributed by atoms with Crippen LogP contribution in [0.25, 0.3) is 0 Å². The van der Waals surface area contributed by atoms with Crippen molar-refractivity contribution in [3.05, 3.63) is 35.4 Å². The van der Waals surface area contributed by atoms with Gasteiger partial charge in [0.15, 0.2) is 0 Å². The van der Waals surface area contributed by atoms with E-state index in [4.69, 9.17) is 9.57 Å². The van der Waals surface area contributed by atoms with Crippen molar-refractivity contribution in [3.8, 4) is 0 Å². The van der Waals surface area contributed by atoms with Gasteiger partial charge in [0.25, 0.3) is 5.91 Å². The lowest BCUT2D eigenvalue weighted by molar-refractivity contribution is -0.168. The summed E-state index contributed by atoms with van der Waals surface area (Å²) in [7, 11) is 0. The van der Waals surface area contributed by atoms with E-state index in [0.29, 0.717) is 13.3 Å². The molecule has 1 saturated heterocycles. The fourth-order valence-corrected chi connectivity index (χ4v) is 2.22. The van der Waals surface area contributed by atoms with Gasteiger partial charge in [-0.2, -0.15) is 0 Å². The molecule has 2 heterocycles. The molecule has 0 bridgehead atoms. The van der Waals surface area contributed by atoms with E-state index in [2.05, 4.69) is 4.90 Å². The van der Waals surface area contributed by atoms with Crippen LogP contribution in [-0.2, 0) is 16.2 Å². The van der Waals surface area contributed by atoms with Crippen LogP contribution in [0.2, 0.25) is 0 Å². The molecule has 0 aliphatic carbocycles. The van der Waals surface area contributed by atoms with Gasteiger partial charge in [-0.3, -0.25) is 14.5 Å². The van der Waals surface area contributed by atoms with Gasteiger partial charge < -0.3 is 4.74 Å². The fraction of sp³-hybridized carbons (Fsp3) is 0.462. The summed E-state index contributed by atoms with van der Waals surface area (Å²) in [5.74, 6) is -0.0525. The number of nitrogens with zero attached hydrogens (tertiary/aromatic N) is 2. The lowest BCUT2D eigenvalue weighted by Gasteiger charge is -2.34. The molecule has 3 rings (SSSR count). The van der Waals surface area contributed by atoms with Crippen molar-refractivity contribution in [1.82, 2.24) is 9.96 Å². The van der Waals surface area contributed by atoms with Crippen LogP contribution in [0.1, 0.15) is 15.9 Å². The summed E-state index contributed by atoms with van der Waals surface area (Å²) in [5.41, 5.74) is 1.71. The summed E-state index contributed by atoms with van der Waals surface area (Å²) < 4.78 is 5.29. The first-order chi connectivity index (χ1) is 8.84. The lowest BCUT2D eigenvalue weighted by atomic mass is 10.1. The van der Waals surface area contributed by atoms with Crippen LogP contribution in [0, 0.1) is 0 Å². The molecule has 0 N–H and O–H groups in total. The van der Waals surface area contributed by atoms with Gasteiger partial charge in [-0.05, 0) is 11.6 Å². The number of benzene rings is 1. The van der Waals surface area contributed by atoms with Gasteiger partial charge in [0, 0.05) is 18.7 Å². The molecule has 0 atom stereocenters. The van der Waals surface area contributed by atoms with E-state index < -0.39 is 0 Å². The van der Waals surface area contributed by atoms with Crippen LogP contribution in [0.4, 0.5) is 0 Å². The Hall–Kier alpha value is -1.43. The molecule has 0 spiro atoms. The van der Waals surface area contributed by atoms with Crippen LogP contribution in [-0.4, -0.2) is 48.8 Å². The number of hydroxylamine groups is 2. The molecule has 2 aliphatic heterocycles. The fourth-order valence-electron chi connectivity index (χ4n) is 2.22. The van der Waals surface area contributed by atoms with E-state index >= 15 is 0 Å². The van der Waals surface area contributed by atoms with E-state index in [9.17, 15) is 4.79 Å². The molecule has 1 aromatic carbocycles. The van der Waals surface area contributed by atoms with Crippen molar-refractivity contribution in [2.24, 2.45) is 0 Å². The summed E-state index contributed by atoms with van der Waals surface area (Å²) in [4.78, 5) is 19.9. The zero-order valence-electron chi connectivity index (χ0n) is 10.2. The second-order valence-corrected chi connectivity index (χ2v) is 4.49. The third-order valence-corrected chi connectivity index (χ3v) is 3.28. The van der Waals surface area contributed by atoms with Crippen molar-refractivity contribution in [2.75, 3.05) is 33.0 Å². The van der Waals surface area contributed by atoms with Crippen LogP contribution in [0.3, 0.4) is 0 Å². The van der Waals surface area contributed by atoms with Crippen LogP contribution >= 0.6 is 0 Å². The lowest BCUT2D eigenvalue weighted by Crippen LogP contribution is -2.47. The highest BCUT2D eigenvalue weighted by molar-refractivity contribution is 5.95. The van der Waals surface area contributed by atoms with Gasteiger partial charge in [-0.25, -0.2) is 5.06 Å². The molecule has 1 aromatic rings. The van der Waals surface area contributed by atoms with Crippen LogP contribution < -0.4 is 0 Å². The van der Waals surface area contributed by atoms with Gasteiger partial charge in [0.05, 0.1) is 13.2 Å². The molecule has 0 unspecified atom stereocenters. The van der Waals surface area contributed by atoms with Gasteiger partial charge in [-0.1, -0.05) is 18.2 Å². The molecule has 1 amide bonds. The maximum atomic E-state index is 12.2. The Kier molecular flexibility index (Phi) is 3.27. The minimum Gasteiger partial charge on any atom is -0.379 e. The number of fused-ring (bicyclic) bond motifs is 1. The predicted molar refractivity (Wildman–Crippen MR) is 64.7 cm³/mol. The quantitative estimate of drug-likeness (QED) is 0.778. The van der Waals surface area contributed by atoms with Gasteiger partial charge in [-0.15, -0.1) is 0 Å². The predicted octanol–water partition coefficient (Wildman–Crippen LogP) is 0.864. The van der Waals surface area contributed by atoms with Crippen molar-refractivity contribution in [3.63, 3.8) is 0 Å². The van der Waals surface area contributed by atoms with Crippen LogP contribution in [0.15, 0.2) is 24.3 Å². The second kappa shape index (κ2) is 5.06. The average Bonchev–Trinajstić information content (AvgIpc) is 2.43. The molecule has 5 nitrogen and oxygen atoms in total. The van der Waals surface area contributed by atoms with Crippen molar-refractivity contribution < 1.29 is 14.4 Å². The van der Waals surface area contributed by atoms with Crippen molar-refractivity contribution in [1.29, 1.82) is 0 Å². The number of carbonyl (C=O) groups excluding carboxylic acids is 1. The molecule has 18 heavy (non-hydrogen) atoms. The Labute approximate surface area is 106 Å². The van der Waals surface area contributed by atoms with E-state index in [-0.39, 0.29) is 5.91 Å². The van der Waals surface area contributed by atoms with E-state index in [0.717, 1.165) is 37.4 Å². The Morgan fingerprint density at radius 1 is 1.17 bits per heavy atom. The third kappa shape index (κ3) is 2.25. The Balaban J connectivity index is 1.70. The molecule has 1 fully saturated rings. The van der Waals surface area contributed by atoms with E-state index in [1.807, 2.05) is 24.3 Å². The van der Waals surface area contributed by atoms with Crippen molar-refractivity contribution in [2.45, 2.75) is 6.61 Å². The normalized spacial score (nSPS) is 20.9. The second-order valence-electron chi connectivity index (χ2n) is 4.49. The van der Waals surface area contributed by atoms with Gasteiger partial charge in [0.1, 0.15) is 13.3 Å². The van der Waals surface area contributed by atoms with E-state index in [1.54, 1.807) is 0 Å². The topological polar surface area (TPSA) is 42.0 Å². The Bertz CT molecular complexity index is 444. The summed E-state index contributed by atoms with van der Waals surface area (Å²) in [5, 5.41) is 1.45. The first kappa shape index (κ1) is 11.6.